The molecule has 1 saturated heterocycles. The van der Waals surface area contributed by atoms with Gasteiger partial charge in [0.15, 0.2) is 0 Å². The van der Waals surface area contributed by atoms with E-state index >= 15 is 0 Å². The SMILES string of the molecule is C[C@H](C(=O)O)N1C[C@H](C)N(Cc2ccc([N+](=O)[O-])cn2)C[C@H](C)N([C@H](C)C(=O)O)C[C@H](C)N([C@H](C)C(=O)O)C[C@@H]1C. The summed E-state index contributed by atoms with van der Waals surface area (Å²) in [5.41, 5.74) is 0.454. The zero-order chi connectivity index (χ0) is 31.2. The molecule has 0 unspecified atom stereocenters. The predicted octanol–water partition coefficient (Wildman–Crippen LogP) is 1.68. The van der Waals surface area contributed by atoms with Crippen molar-refractivity contribution in [2.45, 2.75) is 97.3 Å². The van der Waals surface area contributed by atoms with E-state index in [9.17, 15) is 39.8 Å². The van der Waals surface area contributed by atoms with Crippen LogP contribution in [0.3, 0.4) is 0 Å². The summed E-state index contributed by atoms with van der Waals surface area (Å²) in [6.45, 7) is 13.9. The van der Waals surface area contributed by atoms with Gasteiger partial charge in [-0.25, -0.2) is 0 Å². The van der Waals surface area contributed by atoms with Crippen LogP contribution in [0.1, 0.15) is 54.2 Å². The van der Waals surface area contributed by atoms with Gasteiger partial charge in [-0.3, -0.25) is 49.1 Å². The standard InChI is InChI=1S/C27H44N6O8/c1-16-12-30(20(5)25(34)35)18(3)14-32(22(7)27(38)39)19(4)13-31(21(6)26(36)37)17(2)11-29(16)15-23-8-9-24(10-28-23)33(40)41/h8-10,16-22H,11-15H2,1-7H3,(H,34,35)(H,36,37)(H,38,39)/t16-,17-,18-,19-,20+,21+,22+/m0/s1. The fourth-order valence-corrected chi connectivity index (χ4v) is 5.50. The first-order valence-corrected chi connectivity index (χ1v) is 13.8. The summed E-state index contributed by atoms with van der Waals surface area (Å²) in [4.78, 5) is 58.7. The maximum atomic E-state index is 12.1. The van der Waals surface area contributed by atoms with Crippen LogP contribution in [0.5, 0.6) is 0 Å². The summed E-state index contributed by atoms with van der Waals surface area (Å²) in [5.74, 6) is -3.02. The molecule has 7 atom stereocenters. The Morgan fingerprint density at radius 1 is 0.805 bits per heavy atom. The summed E-state index contributed by atoms with van der Waals surface area (Å²) in [6.07, 6.45) is 1.19. The van der Waals surface area contributed by atoms with Crippen LogP contribution in [0, 0.1) is 10.1 Å². The van der Waals surface area contributed by atoms with Crippen molar-refractivity contribution in [1.82, 2.24) is 24.6 Å². The molecule has 0 saturated carbocycles. The van der Waals surface area contributed by atoms with E-state index in [1.54, 1.807) is 31.7 Å². The van der Waals surface area contributed by atoms with E-state index in [1.807, 2.05) is 37.5 Å². The summed E-state index contributed by atoms with van der Waals surface area (Å²) in [7, 11) is 0. The van der Waals surface area contributed by atoms with E-state index in [2.05, 4.69) is 9.88 Å². The molecule has 0 bridgehead atoms. The number of rotatable bonds is 9. The third-order valence-corrected chi connectivity index (χ3v) is 8.20. The van der Waals surface area contributed by atoms with Crippen molar-refractivity contribution in [3.05, 3.63) is 34.1 Å². The Balaban J connectivity index is 2.58. The molecular weight excluding hydrogens is 536 g/mol. The van der Waals surface area contributed by atoms with Crippen molar-refractivity contribution in [1.29, 1.82) is 0 Å². The van der Waals surface area contributed by atoms with Crippen molar-refractivity contribution in [2.75, 3.05) is 26.2 Å². The Labute approximate surface area is 240 Å². The molecular formula is C27H44N6O8. The van der Waals surface area contributed by atoms with Gasteiger partial charge in [-0.1, -0.05) is 0 Å². The first-order valence-electron chi connectivity index (χ1n) is 13.8. The number of hydrogen-bond acceptors (Lipinski definition) is 10. The third kappa shape index (κ3) is 8.89. The van der Waals surface area contributed by atoms with Crippen LogP contribution in [0.15, 0.2) is 18.3 Å². The maximum absolute atomic E-state index is 12.1. The highest BCUT2D eigenvalue weighted by atomic mass is 16.6. The lowest BCUT2D eigenvalue weighted by atomic mass is 10.0. The van der Waals surface area contributed by atoms with Gasteiger partial charge in [0.2, 0.25) is 0 Å². The minimum absolute atomic E-state index is 0.130. The molecule has 14 nitrogen and oxygen atoms in total. The molecule has 2 rings (SSSR count). The Kier molecular flexibility index (Phi) is 12.1. The minimum Gasteiger partial charge on any atom is -0.480 e. The largest absolute Gasteiger partial charge is 0.480 e. The Hall–Kier alpha value is -3.20. The van der Waals surface area contributed by atoms with E-state index < -0.39 is 41.0 Å². The molecule has 0 amide bonds. The normalized spacial score (nSPS) is 26.7. The van der Waals surface area contributed by atoms with Crippen molar-refractivity contribution >= 4 is 23.6 Å². The lowest BCUT2D eigenvalue weighted by molar-refractivity contribution is -0.385. The summed E-state index contributed by atoms with van der Waals surface area (Å²) in [6, 6.07) is -0.872. The number of pyridine rings is 1. The van der Waals surface area contributed by atoms with Crippen molar-refractivity contribution in [3.8, 4) is 0 Å². The molecule has 1 aromatic heterocycles. The molecule has 0 spiro atoms. The van der Waals surface area contributed by atoms with Gasteiger partial charge in [0, 0.05) is 63.0 Å². The van der Waals surface area contributed by atoms with Gasteiger partial charge >= 0.3 is 17.9 Å². The summed E-state index contributed by atoms with van der Waals surface area (Å²) >= 11 is 0. The van der Waals surface area contributed by atoms with Gasteiger partial charge in [0.25, 0.3) is 5.69 Å². The van der Waals surface area contributed by atoms with Crippen LogP contribution in [-0.2, 0) is 20.9 Å². The quantitative estimate of drug-likeness (QED) is 0.284. The Morgan fingerprint density at radius 3 is 1.54 bits per heavy atom. The molecule has 1 aliphatic rings. The molecule has 1 fully saturated rings. The second-order valence-electron chi connectivity index (χ2n) is 11.2. The van der Waals surface area contributed by atoms with E-state index in [1.165, 1.54) is 12.3 Å². The smallest absolute Gasteiger partial charge is 0.320 e. The van der Waals surface area contributed by atoms with Crippen LogP contribution < -0.4 is 0 Å². The number of carboxylic acid groups (broad SMARTS) is 3. The highest BCUT2D eigenvalue weighted by Gasteiger charge is 2.37. The molecule has 1 aliphatic heterocycles. The molecule has 1 aromatic rings. The first-order chi connectivity index (χ1) is 19.0. The zero-order valence-electron chi connectivity index (χ0n) is 24.9. The maximum Gasteiger partial charge on any atom is 0.320 e. The van der Waals surface area contributed by atoms with Gasteiger partial charge in [0.05, 0.1) is 10.6 Å². The average Bonchev–Trinajstić information content (AvgIpc) is 2.90. The number of nitro groups is 1. The highest BCUT2D eigenvalue weighted by molar-refractivity contribution is 5.74. The Morgan fingerprint density at radius 2 is 1.20 bits per heavy atom. The lowest BCUT2D eigenvalue weighted by Gasteiger charge is -2.46. The van der Waals surface area contributed by atoms with Crippen molar-refractivity contribution < 1.29 is 34.6 Å². The van der Waals surface area contributed by atoms with Crippen LogP contribution >= 0.6 is 0 Å². The van der Waals surface area contributed by atoms with Crippen LogP contribution in [0.25, 0.3) is 0 Å². The van der Waals surface area contributed by atoms with Crippen LogP contribution in [0.4, 0.5) is 5.69 Å². The molecule has 0 radical (unpaired) electrons. The zero-order valence-corrected chi connectivity index (χ0v) is 24.9. The van der Waals surface area contributed by atoms with Gasteiger partial charge in [-0.05, 0) is 54.5 Å². The summed E-state index contributed by atoms with van der Waals surface area (Å²) in [5, 5.41) is 40.8. The highest BCUT2D eigenvalue weighted by Crippen LogP contribution is 2.22. The molecule has 41 heavy (non-hydrogen) atoms. The van der Waals surface area contributed by atoms with Crippen LogP contribution in [-0.4, -0.2) is 131 Å². The third-order valence-electron chi connectivity index (χ3n) is 8.20. The number of aliphatic carboxylic acids is 3. The number of carbonyl (C=O) groups is 3. The minimum atomic E-state index is -1.02. The van der Waals surface area contributed by atoms with Crippen LogP contribution in [0.2, 0.25) is 0 Å². The molecule has 0 aromatic carbocycles. The van der Waals surface area contributed by atoms with E-state index in [4.69, 9.17) is 0 Å². The number of hydrogen-bond donors (Lipinski definition) is 3. The van der Waals surface area contributed by atoms with E-state index in [-0.39, 0.29) is 42.9 Å². The first kappa shape index (κ1) is 34.0. The van der Waals surface area contributed by atoms with Gasteiger partial charge < -0.3 is 15.3 Å². The molecule has 3 N–H and O–H groups in total. The van der Waals surface area contributed by atoms with E-state index in [0.29, 0.717) is 25.3 Å². The topological polar surface area (TPSA) is 181 Å². The van der Waals surface area contributed by atoms with Crippen molar-refractivity contribution in [3.63, 3.8) is 0 Å². The monoisotopic (exact) mass is 580 g/mol. The number of carboxylic acids is 3. The fourth-order valence-electron chi connectivity index (χ4n) is 5.50. The lowest BCUT2D eigenvalue weighted by Crippen LogP contribution is -2.61. The molecule has 230 valence electrons. The number of aromatic nitrogens is 1. The number of nitrogens with zero attached hydrogens (tertiary/aromatic N) is 6. The molecule has 2 heterocycles. The van der Waals surface area contributed by atoms with Crippen molar-refractivity contribution in [2.24, 2.45) is 0 Å². The second kappa shape index (κ2) is 14.6. The average molecular weight is 581 g/mol. The van der Waals surface area contributed by atoms with Gasteiger partial charge in [0.1, 0.15) is 24.3 Å². The fraction of sp³-hybridized carbons (Fsp3) is 0.704. The Bertz CT molecular complexity index is 1050. The van der Waals surface area contributed by atoms with E-state index in [0.717, 1.165) is 0 Å². The van der Waals surface area contributed by atoms with Gasteiger partial charge in [-0.15, -0.1) is 0 Å². The predicted molar refractivity (Wildman–Crippen MR) is 151 cm³/mol. The molecule has 0 aliphatic carbocycles. The second-order valence-corrected chi connectivity index (χ2v) is 11.2. The van der Waals surface area contributed by atoms with Gasteiger partial charge in [-0.2, -0.15) is 0 Å². The summed E-state index contributed by atoms with van der Waals surface area (Å²) < 4.78 is 0. The molecule has 14 heteroatoms.